The maximum atomic E-state index is 12.2. The van der Waals surface area contributed by atoms with Crippen LogP contribution in [0.25, 0.3) is 0 Å². The second kappa shape index (κ2) is 6.74. The van der Waals surface area contributed by atoms with E-state index in [9.17, 15) is 4.79 Å². The molecule has 112 valence electrons. The maximum Gasteiger partial charge on any atom is 0.237 e. The topological polar surface area (TPSA) is 41.1 Å². The molecule has 1 rings (SSSR count). The molecule has 0 aromatic carbocycles. The fourth-order valence-electron chi connectivity index (χ4n) is 2.99. The lowest BCUT2D eigenvalue weighted by Gasteiger charge is -2.29. The average molecular weight is 268 g/mol. The quantitative estimate of drug-likeness (QED) is 0.777. The zero-order valence-corrected chi connectivity index (χ0v) is 13.5. The molecular weight excluding hydrogens is 236 g/mol. The molecule has 0 aliphatic heterocycles. The number of nitrogens with one attached hydrogen (secondary N) is 2. The van der Waals surface area contributed by atoms with Gasteiger partial charge in [-0.2, -0.15) is 0 Å². The summed E-state index contributed by atoms with van der Waals surface area (Å²) >= 11 is 0. The molecule has 0 spiro atoms. The molecule has 1 saturated carbocycles. The number of amides is 1. The van der Waals surface area contributed by atoms with Gasteiger partial charge in [-0.25, -0.2) is 0 Å². The Balaban J connectivity index is 2.47. The first-order valence-electron chi connectivity index (χ1n) is 7.88. The number of hydrogen-bond acceptors (Lipinski definition) is 2. The summed E-state index contributed by atoms with van der Waals surface area (Å²) in [5, 5.41) is 6.65. The Morgan fingerprint density at radius 1 is 1.32 bits per heavy atom. The minimum Gasteiger partial charge on any atom is -0.350 e. The first kappa shape index (κ1) is 16.5. The number of rotatable bonds is 6. The summed E-state index contributed by atoms with van der Waals surface area (Å²) in [6, 6.07) is 0.393. The van der Waals surface area contributed by atoms with Crippen molar-refractivity contribution in [2.45, 2.75) is 84.8 Å². The van der Waals surface area contributed by atoms with Gasteiger partial charge in [-0.1, -0.05) is 27.2 Å². The van der Waals surface area contributed by atoms with E-state index in [1.807, 2.05) is 6.92 Å². The Morgan fingerprint density at radius 2 is 1.95 bits per heavy atom. The highest BCUT2D eigenvalue weighted by molar-refractivity contribution is 5.82. The Kier molecular flexibility index (Phi) is 5.84. The van der Waals surface area contributed by atoms with Crippen molar-refractivity contribution in [1.82, 2.24) is 10.6 Å². The molecule has 4 atom stereocenters. The summed E-state index contributed by atoms with van der Waals surface area (Å²) in [4.78, 5) is 12.2. The van der Waals surface area contributed by atoms with Crippen LogP contribution in [0.4, 0.5) is 0 Å². The summed E-state index contributed by atoms with van der Waals surface area (Å²) < 4.78 is 0. The van der Waals surface area contributed by atoms with Crippen molar-refractivity contribution in [2.75, 3.05) is 0 Å². The van der Waals surface area contributed by atoms with Crippen molar-refractivity contribution in [3.05, 3.63) is 0 Å². The van der Waals surface area contributed by atoms with Gasteiger partial charge >= 0.3 is 0 Å². The third-order valence-corrected chi connectivity index (χ3v) is 4.95. The zero-order valence-electron chi connectivity index (χ0n) is 13.5. The normalized spacial score (nSPS) is 29.3. The molecule has 0 heterocycles. The van der Waals surface area contributed by atoms with Gasteiger partial charge < -0.3 is 10.6 Å². The monoisotopic (exact) mass is 268 g/mol. The van der Waals surface area contributed by atoms with Crippen LogP contribution in [-0.4, -0.2) is 23.5 Å². The molecule has 0 bridgehead atoms. The summed E-state index contributed by atoms with van der Waals surface area (Å²) in [7, 11) is 0. The van der Waals surface area contributed by atoms with E-state index in [-0.39, 0.29) is 17.5 Å². The second-order valence-corrected chi connectivity index (χ2v) is 6.83. The van der Waals surface area contributed by atoms with Crippen LogP contribution in [0.2, 0.25) is 0 Å². The Labute approximate surface area is 118 Å². The SMILES string of the molecule is CCC1CCC(NC(C)C(=O)NC(C)(C)CC)C1C. The molecule has 3 nitrogen and oxygen atoms in total. The first-order chi connectivity index (χ1) is 8.80. The zero-order chi connectivity index (χ0) is 14.6. The number of carbonyl (C=O) groups excluding carboxylic acids is 1. The van der Waals surface area contributed by atoms with Crippen LogP contribution < -0.4 is 10.6 Å². The van der Waals surface area contributed by atoms with Crippen LogP contribution in [0.15, 0.2) is 0 Å². The fraction of sp³-hybridized carbons (Fsp3) is 0.938. The van der Waals surface area contributed by atoms with Crippen molar-refractivity contribution < 1.29 is 4.79 Å². The van der Waals surface area contributed by atoms with E-state index in [0.717, 1.165) is 12.3 Å². The van der Waals surface area contributed by atoms with Gasteiger partial charge in [-0.15, -0.1) is 0 Å². The smallest absolute Gasteiger partial charge is 0.237 e. The summed E-state index contributed by atoms with van der Waals surface area (Å²) in [6.45, 7) is 12.8. The van der Waals surface area contributed by atoms with Crippen LogP contribution in [0.5, 0.6) is 0 Å². The largest absolute Gasteiger partial charge is 0.350 e. The van der Waals surface area contributed by atoms with Gasteiger partial charge in [0.15, 0.2) is 0 Å². The van der Waals surface area contributed by atoms with Gasteiger partial charge in [0.05, 0.1) is 6.04 Å². The molecule has 0 radical (unpaired) electrons. The van der Waals surface area contributed by atoms with E-state index in [4.69, 9.17) is 0 Å². The lowest BCUT2D eigenvalue weighted by Crippen LogP contribution is -2.53. The molecule has 19 heavy (non-hydrogen) atoms. The molecule has 1 aliphatic carbocycles. The van der Waals surface area contributed by atoms with Gasteiger partial charge in [0, 0.05) is 11.6 Å². The number of carbonyl (C=O) groups is 1. The third-order valence-electron chi connectivity index (χ3n) is 4.95. The van der Waals surface area contributed by atoms with Crippen molar-refractivity contribution >= 4 is 5.91 Å². The van der Waals surface area contributed by atoms with Crippen molar-refractivity contribution in [3.63, 3.8) is 0 Å². The highest BCUT2D eigenvalue weighted by Gasteiger charge is 2.33. The lowest BCUT2D eigenvalue weighted by molar-refractivity contribution is -0.124. The minimum atomic E-state index is -0.111. The molecule has 0 aromatic heterocycles. The van der Waals surface area contributed by atoms with Crippen molar-refractivity contribution in [2.24, 2.45) is 11.8 Å². The Hall–Kier alpha value is -0.570. The molecule has 1 aliphatic rings. The van der Waals surface area contributed by atoms with Crippen LogP contribution >= 0.6 is 0 Å². The molecular formula is C16H32N2O. The van der Waals surface area contributed by atoms with Crippen LogP contribution in [-0.2, 0) is 4.79 Å². The molecule has 0 aromatic rings. The first-order valence-corrected chi connectivity index (χ1v) is 7.88. The third kappa shape index (κ3) is 4.48. The van der Waals surface area contributed by atoms with E-state index in [0.29, 0.717) is 12.0 Å². The molecule has 0 saturated heterocycles. The maximum absolute atomic E-state index is 12.2. The molecule has 1 fully saturated rings. The van der Waals surface area contributed by atoms with Crippen molar-refractivity contribution in [1.29, 1.82) is 0 Å². The summed E-state index contributed by atoms with van der Waals surface area (Å²) in [5.41, 5.74) is -0.111. The van der Waals surface area contributed by atoms with Gasteiger partial charge in [-0.3, -0.25) is 4.79 Å². The van der Waals surface area contributed by atoms with E-state index >= 15 is 0 Å². The predicted octanol–water partition coefficient (Wildman–Crippen LogP) is 3.09. The van der Waals surface area contributed by atoms with Crippen molar-refractivity contribution in [3.8, 4) is 0 Å². The second-order valence-electron chi connectivity index (χ2n) is 6.83. The minimum absolute atomic E-state index is 0.103. The Bertz CT molecular complexity index is 301. The van der Waals surface area contributed by atoms with Crippen LogP contribution in [0.1, 0.15) is 67.2 Å². The molecule has 3 heteroatoms. The number of hydrogen-bond donors (Lipinski definition) is 2. The van der Waals surface area contributed by atoms with E-state index in [2.05, 4.69) is 45.3 Å². The van der Waals surface area contributed by atoms with E-state index in [1.165, 1.54) is 19.3 Å². The van der Waals surface area contributed by atoms with Gasteiger partial charge in [0.1, 0.15) is 0 Å². The molecule has 2 N–H and O–H groups in total. The van der Waals surface area contributed by atoms with Gasteiger partial charge in [0.2, 0.25) is 5.91 Å². The van der Waals surface area contributed by atoms with E-state index in [1.54, 1.807) is 0 Å². The summed E-state index contributed by atoms with van der Waals surface area (Å²) in [6.07, 6.45) is 4.70. The fourth-order valence-corrected chi connectivity index (χ4v) is 2.99. The molecule has 4 unspecified atom stereocenters. The highest BCUT2D eigenvalue weighted by Crippen LogP contribution is 2.34. The highest BCUT2D eigenvalue weighted by atomic mass is 16.2. The van der Waals surface area contributed by atoms with E-state index < -0.39 is 0 Å². The van der Waals surface area contributed by atoms with Crippen LogP contribution in [0.3, 0.4) is 0 Å². The molecule has 1 amide bonds. The standard InChI is InChI=1S/C16H32N2O/c1-7-13-9-10-14(11(13)3)17-12(4)15(19)18-16(5,6)8-2/h11-14,17H,7-10H2,1-6H3,(H,18,19). The Morgan fingerprint density at radius 3 is 2.42 bits per heavy atom. The van der Waals surface area contributed by atoms with Gasteiger partial charge in [-0.05, 0) is 51.9 Å². The van der Waals surface area contributed by atoms with Crippen LogP contribution in [0, 0.1) is 11.8 Å². The predicted molar refractivity (Wildman–Crippen MR) is 81.1 cm³/mol. The summed E-state index contributed by atoms with van der Waals surface area (Å²) in [5.74, 6) is 1.62. The van der Waals surface area contributed by atoms with Gasteiger partial charge in [0.25, 0.3) is 0 Å². The average Bonchev–Trinajstić information content (AvgIpc) is 2.70. The lowest BCUT2D eigenvalue weighted by atomic mass is 9.93.